The maximum Gasteiger partial charge on any atom is 0.325 e. The quantitative estimate of drug-likeness (QED) is 0.335. The van der Waals surface area contributed by atoms with Crippen molar-refractivity contribution in [1.82, 2.24) is 5.32 Å². The number of carboxylic acid groups (broad SMARTS) is 1. The lowest BCUT2D eigenvalue weighted by Gasteiger charge is -2.39. The fourth-order valence-corrected chi connectivity index (χ4v) is 4.94. The van der Waals surface area contributed by atoms with Crippen molar-refractivity contribution in [3.05, 3.63) is 64.2 Å². The predicted molar refractivity (Wildman–Crippen MR) is 148 cm³/mol. The van der Waals surface area contributed by atoms with E-state index in [1.54, 1.807) is 6.07 Å². The number of aliphatic hydroxyl groups is 1. The van der Waals surface area contributed by atoms with Gasteiger partial charge in [-0.15, -0.1) is 0 Å². The lowest BCUT2D eigenvalue weighted by atomic mass is 9.70. The zero-order chi connectivity index (χ0) is 28.2. The average molecular weight is 512 g/mol. The minimum atomic E-state index is -1.07. The molecule has 0 spiro atoms. The number of rotatable bonds is 11. The van der Waals surface area contributed by atoms with Gasteiger partial charge >= 0.3 is 5.97 Å². The smallest absolute Gasteiger partial charge is 0.325 e. The van der Waals surface area contributed by atoms with Crippen LogP contribution in [0.4, 0.5) is 0 Å². The van der Waals surface area contributed by atoms with Crippen LogP contribution in [-0.4, -0.2) is 40.3 Å². The monoisotopic (exact) mass is 511 g/mol. The molecule has 2 aromatic carbocycles. The summed E-state index contributed by atoms with van der Waals surface area (Å²) in [6, 6.07) is 11.1. The maximum absolute atomic E-state index is 12.6. The van der Waals surface area contributed by atoms with E-state index in [9.17, 15) is 14.7 Å². The van der Waals surface area contributed by atoms with Crippen molar-refractivity contribution in [3.8, 4) is 5.75 Å². The van der Waals surface area contributed by atoms with Crippen molar-refractivity contribution in [1.29, 1.82) is 0 Å². The first kappa shape index (κ1) is 30.4. The molecular weight excluding hydrogens is 466 g/mol. The van der Waals surface area contributed by atoms with Crippen LogP contribution in [0.15, 0.2) is 36.4 Å². The first-order valence-electron chi connectivity index (χ1n) is 13.3. The van der Waals surface area contributed by atoms with Crippen LogP contribution in [0.3, 0.4) is 0 Å². The summed E-state index contributed by atoms with van der Waals surface area (Å²) in [4.78, 5) is 23.8. The van der Waals surface area contributed by atoms with Gasteiger partial charge in [-0.1, -0.05) is 65.8 Å². The van der Waals surface area contributed by atoms with E-state index >= 15 is 0 Å². The SMILES string of the molecule is CCC(CC)(c1ccc(OCC(O)(CC)C(C)(C)C)c(C)c1)c1ccc(C(=O)NC(C)C(=O)O)c(C)c1. The summed E-state index contributed by atoms with van der Waals surface area (Å²) >= 11 is 0. The van der Waals surface area contributed by atoms with Gasteiger partial charge in [0, 0.05) is 11.0 Å². The Hall–Kier alpha value is -2.86. The van der Waals surface area contributed by atoms with Gasteiger partial charge in [-0.3, -0.25) is 9.59 Å². The number of amides is 1. The van der Waals surface area contributed by atoms with E-state index in [2.05, 4.69) is 31.3 Å². The van der Waals surface area contributed by atoms with Gasteiger partial charge < -0.3 is 20.3 Å². The van der Waals surface area contributed by atoms with E-state index in [-0.39, 0.29) is 17.4 Å². The molecule has 0 radical (unpaired) electrons. The Morgan fingerprint density at radius 3 is 1.89 bits per heavy atom. The van der Waals surface area contributed by atoms with Crippen LogP contribution in [0.25, 0.3) is 0 Å². The molecule has 0 heterocycles. The maximum atomic E-state index is 12.6. The first-order valence-corrected chi connectivity index (χ1v) is 13.3. The van der Waals surface area contributed by atoms with E-state index in [1.165, 1.54) is 12.5 Å². The third kappa shape index (κ3) is 6.35. The largest absolute Gasteiger partial charge is 0.490 e. The summed E-state index contributed by atoms with van der Waals surface area (Å²) in [5, 5.41) is 22.7. The Labute approximate surface area is 222 Å². The third-order valence-corrected chi connectivity index (χ3v) is 8.12. The van der Waals surface area contributed by atoms with Crippen LogP contribution in [0, 0.1) is 19.3 Å². The Bertz CT molecular complexity index is 1110. The van der Waals surface area contributed by atoms with Crippen molar-refractivity contribution in [2.24, 2.45) is 5.41 Å². The third-order valence-electron chi connectivity index (χ3n) is 8.12. The van der Waals surface area contributed by atoms with Gasteiger partial charge in [-0.25, -0.2) is 0 Å². The number of nitrogens with one attached hydrogen (secondary N) is 1. The number of benzene rings is 2. The van der Waals surface area contributed by atoms with Crippen LogP contribution in [0.1, 0.15) is 100 Å². The fraction of sp³-hybridized carbons (Fsp3) is 0.548. The minimum Gasteiger partial charge on any atom is -0.490 e. The molecule has 0 bridgehead atoms. The molecule has 204 valence electrons. The van der Waals surface area contributed by atoms with Gasteiger partial charge in [0.1, 0.15) is 24.0 Å². The van der Waals surface area contributed by atoms with Gasteiger partial charge in [0.25, 0.3) is 5.91 Å². The molecule has 0 saturated heterocycles. The van der Waals surface area contributed by atoms with E-state index in [0.717, 1.165) is 35.3 Å². The van der Waals surface area contributed by atoms with Gasteiger partial charge in [0.2, 0.25) is 0 Å². The molecule has 2 rings (SSSR count). The molecule has 0 fully saturated rings. The Balaban J connectivity index is 2.39. The molecule has 0 aliphatic carbocycles. The number of aryl methyl sites for hydroxylation is 2. The Kier molecular flexibility index (Phi) is 9.58. The van der Waals surface area contributed by atoms with Crippen LogP contribution < -0.4 is 10.1 Å². The summed E-state index contributed by atoms with van der Waals surface area (Å²) in [5.41, 5.74) is 3.07. The molecule has 2 aromatic rings. The standard InChI is InChI=1S/C31H45NO5/c1-10-30(11-2,23-13-15-25(20(4)17-23)27(33)32-22(6)28(34)35)24-14-16-26(21(5)18-24)37-19-31(36,12-3)29(7,8)9/h13-18,22,36H,10-12,19H2,1-9H3,(H,32,33)(H,34,35). The predicted octanol–water partition coefficient (Wildman–Crippen LogP) is 6.18. The Morgan fingerprint density at radius 2 is 1.46 bits per heavy atom. The van der Waals surface area contributed by atoms with Crippen LogP contribution in [0.5, 0.6) is 5.75 Å². The second-order valence-corrected chi connectivity index (χ2v) is 11.3. The lowest BCUT2D eigenvalue weighted by Crippen LogP contribution is -2.47. The van der Waals surface area contributed by atoms with Crippen molar-refractivity contribution < 1.29 is 24.5 Å². The molecule has 0 aliphatic heterocycles. The van der Waals surface area contributed by atoms with Crippen molar-refractivity contribution in [2.75, 3.05) is 6.61 Å². The van der Waals surface area contributed by atoms with Gasteiger partial charge in [0.15, 0.2) is 0 Å². The molecular formula is C31H45NO5. The highest BCUT2D eigenvalue weighted by Gasteiger charge is 2.39. The molecule has 3 N–H and O–H groups in total. The highest BCUT2D eigenvalue weighted by atomic mass is 16.5. The number of carbonyl (C=O) groups is 2. The van der Waals surface area contributed by atoms with Crippen LogP contribution in [-0.2, 0) is 10.2 Å². The zero-order valence-corrected chi connectivity index (χ0v) is 24.0. The van der Waals surface area contributed by atoms with E-state index in [1.807, 2.05) is 59.7 Å². The molecule has 2 atom stereocenters. The zero-order valence-electron chi connectivity index (χ0n) is 24.0. The second-order valence-electron chi connectivity index (χ2n) is 11.3. The second kappa shape index (κ2) is 11.7. The first-order chi connectivity index (χ1) is 17.2. The lowest BCUT2D eigenvalue weighted by molar-refractivity contribution is -0.138. The molecule has 37 heavy (non-hydrogen) atoms. The highest BCUT2D eigenvalue weighted by Crippen LogP contribution is 2.41. The number of hydrogen-bond donors (Lipinski definition) is 3. The fourth-order valence-electron chi connectivity index (χ4n) is 4.94. The number of aliphatic carboxylic acids is 1. The number of ether oxygens (including phenoxy) is 1. The van der Waals surface area contributed by atoms with Crippen LogP contribution >= 0.6 is 0 Å². The number of carbonyl (C=O) groups excluding carboxylic acids is 1. The van der Waals surface area contributed by atoms with E-state index in [0.29, 0.717) is 12.0 Å². The van der Waals surface area contributed by atoms with E-state index in [4.69, 9.17) is 9.84 Å². The van der Waals surface area contributed by atoms with Crippen molar-refractivity contribution in [3.63, 3.8) is 0 Å². The van der Waals surface area contributed by atoms with Crippen molar-refractivity contribution >= 4 is 11.9 Å². The molecule has 6 heteroatoms. The molecule has 0 aliphatic rings. The van der Waals surface area contributed by atoms with Crippen molar-refractivity contribution in [2.45, 2.75) is 98.6 Å². The number of hydrogen-bond acceptors (Lipinski definition) is 4. The normalized spacial score (nSPS) is 14.5. The van der Waals surface area contributed by atoms with E-state index < -0.39 is 23.5 Å². The van der Waals surface area contributed by atoms with Gasteiger partial charge in [-0.2, -0.15) is 0 Å². The highest BCUT2D eigenvalue weighted by molar-refractivity contribution is 5.97. The van der Waals surface area contributed by atoms with Gasteiger partial charge in [0.05, 0.1) is 0 Å². The summed E-state index contributed by atoms with van der Waals surface area (Å²) in [5.74, 6) is -0.701. The molecule has 0 saturated carbocycles. The molecule has 1 amide bonds. The molecule has 0 aromatic heterocycles. The summed E-state index contributed by atoms with van der Waals surface area (Å²) in [7, 11) is 0. The summed E-state index contributed by atoms with van der Waals surface area (Å²) < 4.78 is 6.13. The Morgan fingerprint density at radius 1 is 0.919 bits per heavy atom. The minimum absolute atomic E-state index is 0.225. The summed E-state index contributed by atoms with van der Waals surface area (Å²) in [6.07, 6.45) is 2.33. The van der Waals surface area contributed by atoms with Crippen LogP contribution in [0.2, 0.25) is 0 Å². The average Bonchev–Trinajstić information content (AvgIpc) is 2.83. The van der Waals surface area contributed by atoms with Gasteiger partial charge in [-0.05, 0) is 79.8 Å². The number of carboxylic acids is 1. The molecule has 6 nitrogen and oxygen atoms in total. The summed E-state index contributed by atoms with van der Waals surface area (Å²) in [6.45, 7) is 18.0. The molecule has 2 unspecified atom stereocenters. The topological polar surface area (TPSA) is 95.9 Å².